The van der Waals surface area contributed by atoms with Crippen molar-refractivity contribution in [3.63, 3.8) is 0 Å². The smallest absolute Gasteiger partial charge is 0.258 e. The lowest BCUT2D eigenvalue weighted by atomic mass is 10.2. The van der Waals surface area contributed by atoms with Crippen LogP contribution < -0.4 is 15.6 Å². The Morgan fingerprint density at radius 2 is 1.93 bits per heavy atom. The second kappa shape index (κ2) is 8.93. The molecule has 4 aromatic rings. The number of aromatic amines is 1. The molecule has 8 nitrogen and oxygen atoms in total. The van der Waals surface area contributed by atoms with E-state index >= 15 is 0 Å². The van der Waals surface area contributed by atoms with Crippen molar-refractivity contribution >= 4 is 22.5 Å². The van der Waals surface area contributed by atoms with Crippen LogP contribution >= 0.6 is 11.6 Å². The number of fused-ring (bicyclic) bond motifs is 1. The van der Waals surface area contributed by atoms with Gasteiger partial charge in [0.1, 0.15) is 35.3 Å². The first-order valence-electron chi connectivity index (χ1n) is 9.01. The molecule has 4 rings (SSSR count). The van der Waals surface area contributed by atoms with Crippen LogP contribution in [0.2, 0.25) is 5.02 Å². The number of ether oxygens (including phenoxy) is 1. The monoisotopic (exact) mass is 426 g/mol. The van der Waals surface area contributed by atoms with Crippen LogP contribution in [0.5, 0.6) is 5.75 Å². The van der Waals surface area contributed by atoms with Gasteiger partial charge in [-0.3, -0.25) is 9.78 Å². The maximum absolute atomic E-state index is 13.3. The fourth-order valence-electron chi connectivity index (χ4n) is 2.80. The maximum Gasteiger partial charge on any atom is 0.258 e. The van der Waals surface area contributed by atoms with Crippen LogP contribution in [0.1, 0.15) is 17.3 Å². The Balaban J connectivity index is 1.52. The minimum absolute atomic E-state index is 0.0211. The molecule has 3 aromatic heterocycles. The molecule has 152 valence electrons. The molecule has 1 aromatic carbocycles. The second-order valence-corrected chi connectivity index (χ2v) is 6.71. The summed E-state index contributed by atoms with van der Waals surface area (Å²) in [6, 6.07) is 7.37. The Kier molecular flexibility index (Phi) is 5.92. The van der Waals surface area contributed by atoms with E-state index in [0.717, 1.165) is 0 Å². The summed E-state index contributed by atoms with van der Waals surface area (Å²) in [5.41, 5.74) is 0.782. The average molecular weight is 427 g/mol. The Morgan fingerprint density at radius 3 is 2.73 bits per heavy atom. The van der Waals surface area contributed by atoms with Crippen LogP contribution in [0.4, 0.5) is 4.39 Å². The summed E-state index contributed by atoms with van der Waals surface area (Å²) in [4.78, 5) is 32.3. The number of H-pyrrole nitrogens is 1. The van der Waals surface area contributed by atoms with Gasteiger partial charge in [-0.1, -0.05) is 11.6 Å². The zero-order chi connectivity index (χ0) is 20.9. The van der Waals surface area contributed by atoms with Gasteiger partial charge in [-0.05, 0) is 24.3 Å². The molecule has 0 bridgehead atoms. The molecule has 0 aliphatic carbocycles. The van der Waals surface area contributed by atoms with E-state index in [2.05, 4.69) is 30.2 Å². The molecular weight excluding hydrogens is 411 g/mol. The molecule has 3 heterocycles. The summed E-state index contributed by atoms with van der Waals surface area (Å²) in [5.74, 6) is 0.787. The van der Waals surface area contributed by atoms with E-state index in [9.17, 15) is 9.18 Å². The largest absolute Gasteiger partial charge is 0.486 e. The lowest BCUT2D eigenvalue weighted by Crippen LogP contribution is -2.19. The summed E-state index contributed by atoms with van der Waals surface area (Å²) < 4.78 is 18.9. The number of rotatable bonds is 7. The highest BCUT2D eigenvalue weighted by Gasteiger charge is 2.11. The van der Waals surface area contributed by atoms with Gasteiger partial charge in [0.05, 0.1) is 22.6 Å². The van der Waals surface area contributed by atoms with Gasteiger partial charge in [-0.25, -0.2) is 19.3 Å². The summed E-state index contributed by atoms with van der Waals surface area (Å²) in [6.07, 6.45) is 4.90. The van der Waals surface area contributed by atoms with Crippen LogP contribution in [0.25, 0.3) is 10.9 Å². The molecule has 0 aliphatic rings. The quantitative estimate of drug-likeness (QED) is 0.468. The Labute approximate surface area is 175 Å². The highest BCUT2D eigenvalue weighted by Crippen LogP contribution is 2.21. The van der Waals surface area contributed by atoms with E-state index < -0.39 is 5.82 Å². The number of hydrogen-bond acceptors (Lipinski definition) is 7. The van der Waals surface area contributed by atoms with E-state index in [1.54, 1.807) is 30.7 Å². The number of pyridine rings is 1. The summed E-state index contributed by atoms with van der Waals surface area (Å²) in [5, 5.41) is 3.57. The van der Waals surface area contributed by atoms with Gasteiger partial charge in [0.25, 0.3) is 5.56 Å². The highest BCUT2D eigenvalue weighted by atomic mass is 35.5. The molecule has 0 saturated carbocycles. The van der Waals surface area contributed by atoms with E-state index in [1.807, 2.05) is 0 Å². The molecule has 0 aliphatic heterocycles. The molecule has 0 unspecified atom stereocenters. The average Bonchev–Trinajstić information content (AvgIpc) is 2.76. The van der Waals surface area contributed by atoms with Crippen molar-refractivity contribution in [2.24, 2.45) is 0 Å². The molecule has 10 heteroatoms. The fraction of sp³-hybridized carbons (Fsp3) is 0.150. The highest BCUT2D eigenvalue weighted by molar-refractivity contribution is 6.30. The number of halogens is 2. The predicted octanol–water partition coefficient (Wildman–Crippen LogP) is 2.77. The molecule has 0 radical (unpaired) electrons. The van der Waals surface area contributed by atoms with Crippen LogP contribution in [-0.2, 0) is 19.7 Å². The Hall–Kier alpha value is -3.43. The molecule has 0 spiro atoms. The first-order valence-corrected chi connectivity index (χ1v) is 9.39. The van der Waals surface area contributed by atoms with Crippen molar-refractivity contribution in [2.45, 2.75) is 19.7 Å². The van der Waals surface area contributed by atoms with Crippen LogP contribution in [0.3, 0.4) is 0 Å². The van der Waals surface area contributed by atoms with Crippen LogP contribution in [0.15, 0.2) is 53.7 Å². The standard InChI is InChI=1S/C20H16ClFN6O2/c21-14-8-12(2-3-15(14)22)30-11-18-27-19-13(20(29)28-18)4-7-24-16(19)9-23-10-17-25-5-1-6-26-17/h1-8,23H,9-11H2,(H,27,28,29). The van der Waals surface area contributed by atoms with Crippen molar-refractivity contribution in [2.75, 3.05) is 0 Å². The maximum atomic E-state index is 13.3. The molecule has 0 saturated heterocycles. The Bertz CT molecular complexity index is 1240. The summed E-state index contributed by atoms with van der Waals surface area (Å²) >= 11 is 5.76. The predicted molar refractivity (Wildman–Crippen MR) is 108 cm³/mol. The lowest BCUT2D eigenvalue weighted by molar-refractivity contribution is 0.295. The van der Waals surface area contributed by atoms with Gasteiger partial charge in [0.15, 0.2) is 0 Å². The number of hydrogen-bond donors (Lipinski definition) is 2. The lowest BCUT2D eigenvalue weighted by Gasteiger charge is -2.09. The first-order chi connectivity index (χ1) is 14.6. The van der Waals surface area contributed by atoms with Crippen molar-refractivity contribution in [3.8, 4) is 5.75 Å². The third-order valence-corrected chi connectivity index (χ3v) is 4.50. The Morgan fingerprint density at radius 1 is 1.10 bits per heavy atom. The molecule has 0 atom stereocenters. The molecule has 30 heavy (non-hydrogen) atoms. The van der Waals surface area contributed by atoms with Gasteiger partial charge in [-0.2, -0.15) is 0 Å². The van der Waals surface area contributed by atoms with E-state index in [1.165, 1.54) is 18.2 Å². The number of nitrogens with one attached hydrogen (secondary N) is 2. The second-order valence-electron chi connectivity index (χ2n) is 6.30. The molecule has 2 N–H and O–H groups in total. The normalized spacial score (nSPS) is 11.0. The number of aromatic nitrogens is 5. The fourth-order valence-corrected chi connectivity index (χ4v) is 2.97. The number of benzene rings is 1. The molecule has 0 amide bonds. The first kappa shape index (κ1) is 19.9. The number of nitrogens with zero attached hydrogens (tertiary/aromatic N) is 4. The van der Waals surface area contributed by atoms with Crippen molar-refractivity contribution in [3.05, 3.63) is 87.5 Å². The van der Waals surface area contributed by atoms with Gasteiger partial charge in [0.2, 0.25) is 0 Å². The summed E-state index contributed by atoms with van der Waals surface area (Å²) in [7, 11) is 0. The van der Waals surface area contributed by atoms with Crippen molar-refractivity contribution in [1.29, 1.82) is 0 Å². The van der Waals surface area contributed by atoms with Crippen molar-refractivity contribution in [1.82, 2.24) is 30.2 Å². The zero-order valence-corrected chi connectivity index (χ0v) is 16.4. The SMILES string of the molecule is O=c1[nH]c(COc2ccc(F)c(Cl)c2)nc2c(CNCc3ncccn3)nccc12. The third-order valence-electron chi connectivity index (χ3n) is 4.21. The van der Waals surface area contributed by atoms with Gasteiger partial charge < -0.3 is 15.0 Å². The topological polar surface area (TPSA) is 106 Å². The molecular formula is C20H16ClFN6O2. The third kappa shape index (κ3) is 4.58. The zero-order valence-electron chi connectivity index (χ0n) is 15.6. The van der Waals surface area contributed by atoms with E-state index in [-0.39, 0.29) is 17.2 Å². The van der Waals surface area contributed by atoms with E-state index in [4.69, 9.17) is 16.3 Å². The van der Waals surface area contributed by atoms with Crippen LogP contribution in [-0.4, -0.2) is 24.9 Å². The minimum Gasteiger partial charge on any atom is -0.486 e. The van der Waals surface area contributed by atoms with Crippen molar-refractivity contribution < 1.29 is 9.13 Å². The minimum atomic E-state index is -0.537. The van der Waals surface area contributed by atoms with Crippen LogP contribution in [0, 0.1) is 5.82 Å². The van der Waals surface area contributed by atoms with Gasteiger partial charge in [0, 0.05) is 31.2 Å². The van der Waals surface area contributed by atoms with Gasteiger partial charge in [-0.15, -0.1) is 0 Å². The molecule has 0 fully saturated rings. The van der Waals surface area contributed by atoms with E-state index in [0.29, 0.717) is 47.1 Å². The summed E-state index contributed by atoms with van der Waals surface area (Å²) in [6.45, 7) is 0.802. The van der Waals surface area contributed by atoms with Gasteiger partial charge >= 0.3 is 0 Å².